The van der Waals surface area contributed by atoms with Crippen LogP contribution in [0.3, 0.4) is 0 Å². The first-order valence-electron chi connectivity index (χ1n) is 7.99. The van der Waals surface area contributed by atoms with Gasteiger partial charge in [0.25, 0.3) is 0 Å². The third kappa shape index (κ3) is 3.28. The molecule has 0 saturated carbocycles. The number of rotatable bonds is 3. The zero-order chi connectivity index (χ0) is 18.3. The van der Waals surface area contributed by atoms with E-state index in [2.05, 4.69) is 0 Å². The third-order valence-corrected chi connectivity index (χ3v) is 5.63. The van der Waals surface area contributed by atoms with Gasteiger partial charge in [-0.2, -0.15) is 0 Å². The summed E-state index contributed by atoms with van der Waals surface area (Å²) >= 11 is 1.03. The number of ether oxygens (including phenoxy) is 3. The van der Waals surface area contributed by atoms with E-state index in [0.29, 0.717) is 13.2 Å². The molecule has 1 fully saturated rings. The zero-order valence-corrected chi connectivity index (χ0v) is 14.2. The van der Waals surface area contributed by atoms with Crippen LogP contribution in [0, 0.1) is 29.2 Å². The molecule has 0 amide bonds. The first-order valence-corrected chi connectivity index (χ1v) is 8.87. The number of hydrogen-bond donors (Lipinski definition) is 0. The minimum absolute atomic E-state index is 0.00928. The molecule has 0 aliphatic carbocycles. The Morgan fingerprint density at radius 2 is 1.54 bits per heavy atom. The average Bonchev–Trinajstić information content (AvgIpc) is 3.11. The molecular formula is C18H14F4O3S. The third-order valence-electron chi connectivity index (χ3n) is 4.28. The van der Waals surface area contributed by atoms with Crippen LogP contribution in [0.1, 0.15) is 10.8 Å². The Bertz CT molecular complexity index is 806. The molecule has 0 bridgehead atoms. The quantitative estimate of drug-likeness (QED) is 0.728. The molecule has 2 atom stereocenters. The molecule has 0 unspecified atom stereocenters. The van der Waals surface area contributed by atoms with Gasteiger partial charge in [0, 0.05) is 16.5 Å². The van der Waals surface area contributed by atoms with Gasteiger partial charge in [0.15, 0.2) is 17.9 Å². The number of benzene rings is 2. The first kappa shape index (κ1) is 17.6. The summed E-state index contributed by atoms with van der Waals surface area (Å²) < 4.78 is 72.2. The number of hydrogen-bond acceptors (Lipinski definition) is 4. The Morgan fingerprint density at radius 3 is 2.23 bits per heavy atom. The van der Waals surface area contributed by atoms with E-state index in [9.17, 15) is 17.6 Å². The molecule has 26 heavy (non-hydrogen) atoms. The molecule has 2 aliphatic rings. The van der Waals surface area contributed by atoms with E-state index >= 15 is 0 Å². The van der Waals surface area contributed by atoms with Gasteiger partial charge in [0.1, 0.15) is 17.5 Å². The molecule has 2 aromatic rings. The van der Waals surface area contributed by atoms with Gasteiger partial charge in [-0.05, 0) is 24.3 Å². The lowest BCUT2D eigenvalue weighted by molar-refractivity contribution is -0.0977. The summed E-state index contributed by atoms with van der Waals surface area (Å²) in [5.74, 6) is -3.50. The summed E-state index contributed by atoms with van der Waals surface area (Å²) in [5.41, 5.74) is 0.00928. The van der Waals surface area contributed by atoms with Crippen molar-refractivity contribution in [2.75, 3.05) is 19.8 Å². The first-order chi connectivity index (χ1) is 12.5. The average molecular weight is 386 g/mol. The van der Waals surface area contributed by atoms with Gasteiger partial charge < -0.3 is 14.2 Å². The fourth-order valence-corrected chi connectivity index (χ4v) is 4.55. The van der Waals surface area contributed by atoms with E-state index in [1.807, 2.05) is 0 Å². The maximum absolute atomic E-state index is 14.5. The second-order valence-corrected chi connectivity index (χ2v) is 7.22. The van der Waals surface area contributed by atoms with Gasteiger partial charge in [0.2, 0.25) is 0 Å². The van der Waals surface area contributed by atoms with Gasteiger partial charge in [-0.25, -0.2) is 17.6 Å². The Labute approximate surface area is 151 Å². The molecule has 0 spiro atoms. The summed E-state index contributed by atoms with van der Waals surface area (Å²) in [4.78, 5) is 0.256. The summed E-state index contributed by atoms with van der Waals surface area (Å²) in [6.45, 7) is 0.796. The second-order valence-electron chi connectivity index (χ2n) is 6.00. The summed E-state index contributed by atoms with van der Waals surface area (Å²) in [5, 5.41) is -0.696. The second kappa shape index (κ2) is 7.09. The lowest BCUT2D eigenvalue weighted by atomic mass is 9.94. The fraction of sp³-hybridized carbons (Fsp3) is 0.333. The van der Waals surface area contributed by atoms with Crippen LogP contribution < -0.4 is 4.74 Å². The zero-order valence-electron chi connectivity index (χ0n) is 13.4. The maximum Gasteiger partial charge on any atom is 0.165 e. The van der Waals surface area contributed by atoms with Crippen LogP contribution in [0.2, 0.25) is 0 Å². The van der Waals surface area contributed by atoms with Gasteiger partial charge >= 0.3 is 0 Å². The molecule has 3 nitrogen and oxygen atoms in total. The lowest BCUT2D eigenvalue weighted by Crippen LogP contribution is -2.35. The SMILES string of the molecule is Fc1cc(F)cc(S[C@@H]2c3c(F)ccc(F)c3OC[C@H]2C2OCCO2)c1. The number of thioether (sulfide) groups is 1. The number of fused-ring (bicyclic) bond motifs is 1. The largest absolute Gasteiger partial charge is 0.490 e. The normalized spacial score (nSPS) is 22.9. The Kier molecular flexibility index (Phi) is 4.81. The molecule has 138 valence electrons. The molecule has 0 radical (unpaired) electrons. The Balaban J connectivity index is 1.76. The van der Waals surface area contributed by atoms with Crippen LogP contribution in [-0.2, 0) is 9.47 Å². The highest BCUT2D eigenvalue weighted by Gasteiger charge is 2.42. The van der Waals surface area contributed by atoms with E-state index in [1.165, 1.54) is 0 Å². The van der Waals surface area contributed by atoms with E-state index in [-0.39, 0.29) is 22.8 Å². The maximum atomic E-state index is 14.5. The van der Waals surface area contributed by atoms with Crippen molar-refractivity contribution in [1.82, 2.24) is 0 Å². The molecule has 2 aromatic carbocycles. The molecule has 2 aliphatic heterocycles. The van der Waals surface area contributed by atoms with Crippen molar-refractivity contribution in [3.8, 4) is 5.75 Å². The van der Waals surface area contributed by atoms with E-state index in [1.54, 1.807) is 0 Å². The van der Waals surface area contributed by atoms with E-state index in [4.69, 9.17) is 14.2 Å². The van der Waals surface area contributed by atoms with Crippen LogP contribution in [0.5, 0.6) is 5.75 Å². The smallest absolute Gasteiger partial charge is 0.165 e. The van der Waals surface area contributed by atoms with Crippen molar-refractivity contribution < 1.29 is 31.8 Å². The lowest BCUT2D eigenvalue weighted by Gasteiger charge is -2.35. The molecule has 2 heterocycles. The summed E-state index contributed by atoms with van der Waals surface area (Å²) in [6, 6.07) is 5.04. The molecule has 8 heteroatoms. The van der Waals surface area contributed by atoms with Crippen molar-refractivity contribution in [2.45, 2.75) is 16.4 Å². The highest BCUT2D eigenvalue weighted by molar-refractivity contribution is 7.99. The fourth-order valence-electron chi connectivity index (χ4n) is 3.18. The highest BCUT2D eigenvalue weighted by Crippen LogP contribution is 2.51. The topological polar surface area (TPSA) is 27.7 Å². The Hall–Kier alpha value is -1.77. The van der Waals surface area contributed by atoms with Crippen LogP contribution in [0.25, 0.3) is 0 Å². The van der Waals surface area contributed by atoms with Gasteiger partial charge in [-0.1, -0.05) is 0 Å². The molecular weight excluding hydrogens is 372 g/mol. The minimum Gasteiger partial charge on any atom is -0.490 e. The van der Waals surface area contributed by atoms with Crippen molar-refractivity contribution in [3.05, 3.63) is 59.2 Å². The van der Waals surface area contributed by atoms with E-state index in [0.717, 1.165) is 42.1 Å². The standard InChI is InChI=1S/C18H14F4O3S/c19-9-5-10(20)7-11(6-9)26-17-12(18-23-3-4-24-18)8-25-16-14(22)2-1-13(21)15(16)17/h1-2,5-7,12,17-18H,3-4,8H2/t12-,17+/m1/s1. The van der Waals surface area contributed by atoms with Crippen molar-refractivity contribution in [2.24, 2.45) is 5.92 Å². The summed E-state index contributed by atoms with van der Waals surface area (Å²) in [7, 11) is 0. The van der Waals surface area contributed by atoms with Gasteiger partial charge in [-0.15, -0.1) is 11.8 Å². The minimum atomic E-state index is -0.746. The predicted molar refractivity (Wildman–Crippen MR) is 86.0 cm³/mol. The van der Waals surface area contributed by atoms with Crippen molar-refractivity contribution in [1.29, 1.82) is 0 Å². The molecule has 0 N–H and O–H groups in total. The number of halogens is 4. The molecule has 4 rings (SSSR count). The van der Waals surface area contributed by atoms with Crippen molar-refractivity contribution >= 4 is 11.8 Å². The van der Waals surface area contributed by atoms with Gasteiger partial charge in [-0.3, -0.25) is 0 Å². The van der Waals surface area contributed by atoms with Crippen LogP contribution >= 0.6 is 11.8 Å². The predicted octanol–water partition coefficient (Wildman–Crippen LogP) is 4.46. The van der Waals surface area contributed by atoms with Gasteiger partial charge in [0.05, 0.1) is 31.0 Å². The van der Waals surface area contributed by atoms with Crippen LogP contribution in [0.4, 0.5) is 17.6 Å². The van der Waals surface area contributed by atoms with Crippen LogP contribution in [-0.4, -0.2) is 26.1 Å². The molecule has 1 saturated heterocycles. The molecule has 0 aromatic heterocycles. The van der Waals surface area contributed by atoms with Crippen LogP contribution in [0.15, 0.2) is 35.2 Å². The van der Waals surface area contributed by atoms with E-state index < -0.39 is 40.7 Å². The van der Waals surface area contributed by atoms with Crippen molar-refractivity contribution in [3.63, 3.8) is 0 Å². The Morgan fingerprint density at radius 1 is 0.885 bits per heavy atom. The monoisotopic (exact) mass is 386 g/mol. The summed E-state index contributed by atoms with van der Waals surface area (Å²) in [6.07, 6.45) is -0.665. The highest BCUT2D eigenvalue weighted by atomic mass is 32.2.